The molecule has 104 valence electrons. The summed E-state index contributed by atoms with van der Waals surface area (Å²) < 4.78 is 14.8. The van der Waals surface area contributed by atoms with Gasteiger partial charge in [0.15, 0.2) is 0 Å². The number of hydrogen-bond donors (Lipinski definition) is 2. The van der Waals surface area contributed by atoms with E-state index in [1.807, 2.05) is 0 Å². The van der Waals surface area contributed by atoms with Gasteiger partial charge in [-0.25, -0.2) is 4.79 Å². The number of nitrogens with one attached hydrogen (secondary N) is 1. The zero-order chi connectivity index (χ0) is 13.6. The number of aliphatic carboxylic acids is 1. The van der Waals surface area contributed by atoms with Gasteiger partial charge in [-0.1, -0.05) is 12.7 Å². The number of carbonyl (C=O) groups excluding carboxylic acids is 1. The van der Waals surface area contributed by atoms with Crippen molar-refractivity contribution in [2.24, 2.45) is 0 Å². The van der Waals surface area contributed by atoms with Crippen LogP contribution in [0.25, 0.3) is 0 Å². The Morgan fingerprint density at radius 2 is 1.83 bits per heavy atom. The SMILES string of the molecule is C=CCOC(=O)NCCOCCOCCC(=O)O. The van der Waals surface area contributed by atoms with Crippen LogP contribution in [0.5, 0.6) is 0 Å². The molecule has 0 aromatic carbocycles. The molecule has 0 unspecified atom stereocenters. The summed E-state index contributed by atoms with van der Waals surface area (Å²) in [6.45, 7) is 5.11. The lowest BCUT2D eigenvalue weighted by molar-refractivity contribution is -0.138. The van der Waals surface area contributed by atoms with Crippen LogP contribution in [0.4, 0.5) is 4.79 Å². The van der Waals surface area contributed by atoms with E-state index in [1.165, 1.54) is 6.08 Å². The molecule has 0 aliphatic carbocycles. The van der Waals surface area contributed by atoms with Crippen LogP contribution in [0, 0.1) is 0 Å². The molecule has 0 aliphatic heterocycles. The van der Waals surface area contributed by atoms with Crippen LogP contribution in [0.3, 0.4) is 0 Å². The van der Waals surface area contributed by atoms with Crippen LogP contribution >= 0.6 is 0 Å². The Morgan fingerprint density at radius 1 is 1.17 bits per heavy atom. The second-order valence-corrected chi connectivity index (χ2v) is 3.18. The largest absolute Gasteiger partial charge is 0.481 e. The van der Waals surface area contributed by atoms with E-state index in [0.717, 1.165) is 0 Å². The van der Waals surface area contributed by atoms with Gasteiger partial charge in [0.05, 0.1) is 32.8 Å². The zero-order valence-electron chi connectivity index (χ0n) is 10.2. The molecule has 0 bridgehead atoms. The summed E-state index contributed by atoms with van der Waals surface area (Å²) in [5, 5.41) is 10.8. The molecule has 7 heteroatoms. The summed E-state index contributed by atoms with van der Waals surface area (Å²) in [6.07, 6.45) is 0.942. The molecule has 0 spiro atoms. The Morgan fingerprint density at radius 3 is 2.44 bits per heavy atom. The fourth-order valence-electron chi connectivity index (χ4n) is 0.892. The van der Waals surface area contributed by atoms with Crippen molar-refractivity contribution < 1.29 is 28.9 Å². The molecule has 0 aromatic rings. The molecule has 0 heterocycles. The molecule has 2 N–H and O–H groups in total. The predicted molar refractivity (Wildman–Crippen MR) is 63.4 cm³/mol. The number of rotatable bonds is 11. The number of ether oxygens (including phenoxy) is 3. The quantitative estimate of drug-likeness (QED) is 0.413. The summed E-state index contributed by atoms with van der Waals surface area (Å²) in [5.74, 6) is -0.891. The normalized spacial score (nSPS) is 9.78. The molecular formula is C11H19NO6. The molecule has 0 radical (unpaired) electrons. The molecule has 0 aromatic heterocycles. The number of hydrogen-bond acceptors (Lipinski definition) is 5. The van der Waals surface area contributed by atoms with E-state index in [2.05, 4.69) is 16.6 Å². The topological polar surface area (TPSA) is 94.1 Å². The van der Waals surface area contributed by atoms with Crippen molar-refractivity contribution in [3.8, 4) is 0 Å². The lowest BCUT2D eigenvalue weighted by Gasteiger charge is -2.06. The highest BCUT2D eigenvalue weighted by molar-refractivity contribution is 5.67. The molecular weight excluding hydrogens is 242 g/mol. The third-order valence-electron chi connectivity index (χ3n) is 1.68. The van der Waals surface area contributed by atoms with E-state index in [9.17, 15) is 9.59 Å². The van der Waals surface area contributed by atoms with E-state index in [-0.39, 0.29) is 19.6 Å². The van der Waals surface area contributed by atoms with Crippen LogP contribution in [0.15, 0.2) is 12.7 Å². The van der Waals surface area contributed by atoms with Gasteiger partial charge >= 0.3 is 12.1 Å². The van der Waals surface area contributed by atoms with Crippen molar-refractivity contribution >= 4 is 12.1 Å². The van der Waals surface area contributed by atoms with Crippen LogP contribution in [0.1, 0.15) is 6.42 Å². The second kappa shape index (κ2) is 11.9. The maximum atomic E-state index is 10.9. The van der Waals surface area contributed by atoms with Gasteiger partial charge in [0.1, 0.15) is 6.61 Å². The first-order valence-electron chi connectivity index (χ1n) is 5.55. The third kappa shape index (κ3) is 12.5. The van der Waals surface area contributed by atoms with Gasteiger partial charge in [-0.3, -0.25) is 4.79 Å². The van der Waals surface area contributed by atoms with E-state index in [1.54, 1.807) is 0 Å². The average molecular weight is 261 g/mol. The highest BCUT2D eigenvalue weighted by Crippen LogP contribution is 1.84. The zero-order valence-corrected chi connectivity index (χ0v) is 10.2. The van der Waals surface area contributed by atoms with Crippen molar-refractivity contribution in [1.82, 2.24) is 5.32 Å². The molecule has 0 aliphatic rings. The number of alkyl carbamates (subject to hydrolysis) is 1. The first-order valence-corrected chi connectivity index (χ1v) is 5.55. The lowest BCUT2D eigenvalue weighted by Crippen LogP contribution is -2.28. The minimum absolute atomic E-state index is 0.0172. The van der Waals surface area contributed by atoms with Gasteiger partial charge in [0.25, 0.3) is 0 Å². The van der Waals surface area contributed by atoms with E-state index in [4.69, 9.17) is 14.6 Å². The molecule has 0 atom stereocenters. The van der Waals surface area contributed by atoms with Crippen LogP contribution in [-0.4, -0.2) is 56.7 Å². The second-order valence-electron chi connectivity index (χ2n) is 3.18. The standard InChI is InChI=1S/C11H19NO6/c1-2-5-18-11(15)12-4-7-17-9-8-16-6-3-10(13)14/h2H,1,3-9H2,(H,12,15)(H,13,14). The van der Waals surface area contributed by atoms with Gasteiger partial charge in [-0.2, -0.15) is 0 Å². The van der Waals surface area contributed by atoms with Crippen molar-refractivity contribution in [3.63, 3.8) is 0 Å². The molecule has 18 heavy (non-hydrogen) atoms. The molecule has 0 rings (SSSR count). The Balaban J connectivity index is 3.13. The summed E-state index contributed by atoms with van der Waals surface area (Å²) in [6, 6.07) is 0. The molecule has 7 nitrogen and oxygen atoms in total. The monoisotopic (exact) mass is 261 g/mol. The molecule has 0 fully saturated rings. The fraction of sp³-hybridized carbons (Fsp3) is 0.636. The fourth-order valence-corrected chi connectivity index (χ4v) is 0.892. The third-order valence-corrected chi connectivity index (χ3v) is 1.68. The summed E-state index contributed by atoms with van der Waals surface area (Å²) in [5.41, 5.74) is 0. The maximum Gasteiger partial charge on any atom is 0.407 e. The first-order chi connectivity index (χ1) is 8.66. The Labute approximate surface area is 106 Å². The minimum Gasteiger partial charge on any atom is -0.481 e. The van der Waals surface area contributed by atoms with Crippen molar-refractivity contribution in [2.45, 2.75) is 6.42 Å². The van der Waals surface area contributed by atoms with Crippen LogP contribution in [0.2, 0.25) is 0 Å². The molecule has 1 amide bonds. The van der Waals surface area contributed by atoms with Crippen molar-refractivity contribution in [2.75, 3.05) is 39.6 Å². The number of carboxylic acids is 1. The lowest BCUT2D eigenvalue weighted by atomic mass is 10.5. The summed E-state index contributed by atoms with van der Waals surface area (Å²) >= 11 is 0. The van der Waals surface area contributed by atoms with E-state index < -0.39 is 12.1 Å². The minimum atomic E-state index is -0.891. The summed E-state index contributed by atoms with van der Waals surface area (Å²) in [7, 11) is 0. The average Bonchev–Trinajstić information content (AvgIpc) is 2.34. The van der Waals surface area contributed by atoms with Gasteiger partial charge < -0.3 is 24.6 Å². The van der Waals surface area contributed by atoms with Gasteiger partial charge in [-0.15, -0.1) is 0 Å². The van der Waals surface area contributed by atoms with Crippen LogP contribution in [-0.2, 0) is 19.0 Å². The Kier molecular flexibility index (Phi) is 10.8. The Hall–Kier alpha value is -1.60. The first kappa shape index (κ1) is 16.4. The van der Waals surface area contributed by atoms with Gasteiger partial charge in [0.2, 0.25) is 0 Å². The van der Waals surface area contributed by atoms with E-state index in [0.29, 0.717) is 26.4 Å². The number of carbonyl (C=O) groups is 2. The van der Waals surface area contributed by atoms with Crippen LogP contribution < -0.4 is 5.32 Å². The summed E-state index contributed by atoms with van der Waals surface area (Å²) in [4.78, 5) is 21.1. The van der Waals surface area contributed by atoms with Crippen molar-refractivity contribution in [1.29, 1.82) is 0 Å². The highest BCUT2D eigenvalue weighted by atomic mass is 16.5. The van der Waals surface area contributed by atoms with Crippen molar-refractivity contribution in [3.05, 3.63) is 12.7 Å². The molecule has 0 saturated heterocycles. The number of amides is 1. The highest BCUT2D eigenvalue weighted by Gasteiger charge is 1.99. The number of carboxylic acid groups (broad SMARTS) is 1. The Bertz CT molecular complexity index is 256. The molecule has 0 saturated carbocycles. The maximum absolute atomic E-state index is 10.9. The smallest absolute Gasteiger partial charge is 0.407 e. The van der Waals surface area contributed by atoms with Gasteiger partial charge in [-0.05, 0) is 0 Å². The van der Waals surface area contributed by atoms with Gasteiger partial charge in [0, 0.05) is 6.54 Å². The predicted octanol–water partition coefficient (Wildman–Crippen LogP) is 0.406. The van der Waals surface area contributed by atoms with E-state index >= 15 is 0 Å².